The van der Waals surface area contributed by atoms with Crippen LogP contribution in [0.3, 0.4) is 0 Å². The summed E-state index contributed by atoms with van der Waals surface area (Å²) in [6.07, 6.45) is 3.70. The van der Waals surface area contributed by atoms with Crippen molar-refractivity contribution in [3.8, 4) is 0 Å². The van der Waals surface area contributed by atoms with Crippen molar-refractivity contribution in [1.29, 1.82) is 0 Å². The zero-order chi connectivity index (χ0) is 19.4. The number of hydrogen-bond donors (Lipinski definition) is 1. The van der Waals surface area contributed by atoms with Crippen LogP contribution >= 0.6 is 0 Å². The minimum atomic E-state index is -3.69. The number of carbonyl (C=O) groups excluding carboxylic acids is 1. The summed E-state index contributed by atoms with van der Waals surface area (Å²) in [5, 5.41) is 3.22. The lowest BCUT2D eigenvalue weighted by Crippen LogP contribution is -2.51. The summed E-state index contributed by atoms with van der Waals surface area (Å²) in [6.45, 7) is 6.91. The molecule has 0 atom stereocenters. The monoisotopic (exact) mass is 393 g/mol. The fraction of sp³-hybridized carbons (Fsp3) is 0.650. The van der Waals surface area contributed by atoms with E-state index in [1.807, 2.05) is 12.1 Å². The highest BCUT2D eigenvalue weighted by atomic mass is 32.2. The highest BCUT2D eigenvalue weighted by molar-refractivity contribution is 7.89. The van der Waals surface area contributed by atoms with Gasteiger partial charge in [0.1, 0.15) is 0 Å². The van der Waals surface area contributed by atoms with Crippen LogP contribution in [-0.4, -0.2) is 62.3 Å². The van der Waals surface area contributed by atoms with Gasteiger partial charge in [0.05, 0.1) is 11.4 Å². The maximum atomic E-state index is 13.4. The number of hydrogen-bond acceptors (Lipinski definition) is 4. The first-order chi connectivity index (χ1) is 12.9. The third-order valence-electron chi connectivity index (χ3n) is 5.65. The molecule has 1 aromatic carbocycles. The van der Waals surface area contributed by atoms with Gasteiger partial charge in [-0.3, -0.25) is 4.79 Å². The van der Waals surface area contributed by atoms with Crippen LogP contribution in [0.4, 0.5) is 0 Å². The first-order valence-corrected chi connectivity index (χ1v) is 11.4. The van der Waals surface area contributed by atoms with Crippen LogP contribution in [0.25, 0.3) is 0 Å². The smallest absolute Gasteiger partial charge is 0.243 e. The Morgan fingerprint density at radius 3 is 2.30 bits per heavy atom. The first-order valence-electron chi connectivity index (χ1n) is 10.00. The summed E-state index contributed by atoms with van der Waals surface area (Å²) in [7, 11) is -3.69. The van der Waals surface area contributed by atoms with E-state index in [2.05, 4.69) is 19.2 Å². The third kappa shape index (κ3) is 4.70. The van der Waals surface area contributed by atoms with Crippen molar-refractivity contribution in [1.82, 2.24) is 14.5 Å². The molecule has 1 saturated heterocycles. The number of carbonyl (C=O) groups is 1. The lowest BCUT2D eigenvalue weighted by molar-refractivity contribution is -0.132. The molecule has 1 aromatic rings. The van der Waals surface area contributed by atoms with Gasteiger partial charge in [-0.05, 0) is 36.5 Å². The summed E-state index contributed by atoms with van der Waals surface area (Å²) >= 11 is 0. The molecule has 1 saturated carbocycles. The molecule has 0 unspecified atom stereocenters. The average Bonchev–Trinajstić information content (AvgIpc) is 3.20. The molecule has 1 N–H and O–H groups in total. The molecule has 0 aromatic heterocycles. The van der Waals surface area contributed by atoms with Gasteiger partial charge in [-0.1, -0.05) is 38.8 Å². The molecule has 27 heavy (non-hydrogen) atoms. The Bertz CT molecular complexity index is 734. The molecule has 1 aliphatic carbocycles. The zero-order valence-electron chi connectivity index (χ0n) is 16.4. The number of piperazine rings is 1. The van der Waals surface area contributed by atoms with Gasteiger partial charge in [0.2, 0.25) is 15.9 Å². The lowest BCUT2D eigenvalue weighted by atomic mass is 10.0. The molecule has 150 valence electrons. The van der Waals surface area contributed by atoms with Crippen LogP contribution in [0.2, 0.25) is 0 Å². The van der Waals surface area contributed by atoms with Crippen molar-refractivity contribution in [3.63, 3.8) is 0 Å². The Hall–Kier alpha value is -1.44. The molecular weight excluding hydrogens is 362 g/mol. The molecule has 2 aliphatic rings. The van der Waals surface area contributed by atoms with Gasteiger partial charge < -0.3 is 10.2 Å². The third-order valence-corrected chi connectivity index (χ3v) is 7.56. The maximum absolute atomic E-state index is 13.4. The van der Waals surface area contributed by atoms with Crippen LogP contribution in [0.5, 0.6) is 0 Å². The molecule has 7 heteroatoms. The van der Waals surface area contributed by atoms with E-state index in [-0.39, 0.29) is 23.4 Å². The second kappa shape index (κ2) is 8.71. The molecule has 1 aliphatic heterocycles. The van der Waals surface area contributed by atoms with Crippen LogP contribution in [0.15, 0.2) is 29.2 Å². The second-order valence-electron chi connectivity index (χ2n) is 7.84. The highest BCUT2D eigenvalue weighted by Gasteiger charge is 2.35. The van der Waals surface area contributed by atoms with Gasteiger partial charge >= 0.3 is 0 Å². The van der Waals surface area contributed by atoms with Gasteiger partial charge in [0.15, 0.2) is 0 Å². The van der Waals surface area contributed by atoms with Gasteiger partial charge in [-0.2, -0.15) is 4.31 Å². The van der Waals surface area contributed by atoms with Crippen molar-refractivity contribution in [3.05, 3.63) is 29.8 Å². The Kier molecular flexibility index (Phi) is 6.55. The average molecular weight is 394 g/mol. The number of nitrogens with zero attached hydrogens (tertiary/aromatic N) is 2. The van der Waals surface area contributed by atoms with Crippen molar-refractivity contribution in [2.24, 2.45) is 0 Å². The molecule has 0 bridgehead atoms. The van der Waals surface area contributed by atoms with Crippen molar-refractivity contribution in [2.45, 2.75) is 56.4 Å². The van der Waals surface area contributed by atoms with E-state index >= 15 is 0 Å². The van der Waals surface area contributed by atoms with E-state index in [1.54, 1.807) is 17.0 Å². The summed E-state index contributed by atoms with van der Waals surface area (Å²) in [5.41, 5.74) is 1.11. The normalized spacial score (nSPS) is 19.2. The Labute approximate surface area is 163 Å². The van der Waals surface area contributed by atoms with E-state index in [0.717, 1.165) is 44.3 Å². The summed E-state index contributed by atoms with van der Waals surface area (Å²) in [5.74, 6) is 0.257. The molecule has 3 rings (SSSR count). The summed E-state index contributed by atoms with van der Waals surface area (Å²) in [4.78, 5) is 14.8. The second-order valence-corrected chi connectivity index (χ2v) is 9.73. The van der Waals surface area contributed by atoms with Crippen LogP contribution in [0.1, 0.15) is 51.0 Å². The predicted molar refractivity (Wildman–Crippen MR) is 106 cm³/mol. The number of benzene rings is 1. The van der Waals surface area contributed by atoms with Gasteiger partial charge in [0, 0.05) is 32.2 Å². The fourth-order valence-corrected chi connectivity index (χ4v) is 5.54. The van der Waals surface area contributed by atoms with Crippen LogP contribution < -0.4 is 5.32 Å². The van der Waals surface area contributed by atoms with Crippen molar-refractivity contribution in [2.75, 3.05) is 32.7 Å². The van der Waals surface area contributed by atoms with Crippen LogP contribution in [0, 0.1) is 0 Å². The Balaban J connectivity index is 1.83. The number of nitrogens with one attached hydrogen (secondary N) is 1. The molecular formula is C20H31N3O3S. The minimum absolute atomic E-state index is 0.0566. The van der Waals surface area contributed by atoms with E-state index in [0.29, 0.717) is 19.0 Å². The largest absolute Gasteiger partial charge is 0.339 e. The molecule has 2 fully saturated rings. The first kappa shape index (κ1) is 20.3. The van der Waals surface area contributed by atoms with E-state index in [9.17, 15) is 13.2 Å². The molecule has 1 amide bonds. The zero-order valence-corrected chi connectivity index (χ0v) is 17.2. The number of rotatable bonds is 6. The van der Waals surface area contributed by atoms with Gasteiger partial charge in [-0.15, -0.1) is 0 Å². The fourth-order valence-electron chi connectivity index (χ4n) is 3.91. The predicted octanol–water partition coefficient (Wildman–Crippen LogP) is 2.18. The van der Waals surface area contributed by atoms with Gasteiger partial charge in [0.25, 0.3) is 0 Å². The van der Waals surface area contributed by atoms with E-state index < -0.39 is 10.0 Å². The van der Waals surface area contributed by atoms with Crippen LogP contribution in [-0.2, 0) is 14.8 Å². The Morgan fingerprint density at radius 1 is 1.15 bits per heavy atom. The standard InChI is InChI=1S/C20H31N3O3S/c1-16(2)17-7-9-19(10-8-17)27(25,26)23(18-5-3-4-6-18)15-20(24)22-13-11-21-12-14-22/h7-10,16,18,21H,3-6,11-15H2,1-2H3. The van der Waals surface area contributed by atoms with Crippen molar-refractivity contribution >= 4 is 15.9 Å². The molecule has 0 radical (unpaired) electrons. The van der Waals surface area contributed by atoms with E-state index in [1.165, 1.54) is 4.31 Å². The van der Waals surface area contributed by atoms with Crippen molar-refractivity contribution < 1.29 is 13.2 Å². The molecule has 1 heterocycles. The van der Waals surface area contributed by atoms with E-state index in [4.69, 9.17) is 0 Å². The van der Waals surface area contributed by atoms with Gasteiger partial charge in [-0.25, -0.2) is 8.42 Å². The molecule has 0 spiro atoms. The summed E-state index contributed by atoms with van der Waals surface area (Å²) in [6, 6.07) is 7.04. The quantitative estimate of drug-likeness (QED) is 0.804. The maximum Gasteiger partial charge on any atom is 0.243 e. The minimum Gasteiger partial charge on any atom is -0.339 e. The molecule has 6 nitrogen and oxygen atoms in total. The number of sulfonamides is 1. The Morgan fingerprint density at radius 2 is 1.74 bits per heavy atom. The topological polar surface area (TPSA) is 69.7 Å². The summed E-state index contributed by atoms with van der Waals surface area (Å²) < 4.78 is 28.2. The lowest BCUT2D eigenvalue weighted by Gasteiger charge is -2.32. The number of amides is 1. The highest BCUT2D eigenvalue weighted by Crippen LogP contribution is 2.29. The SMILES string of the molecule is CC(C)c1ccc(S(=O)(=O)N(CC(=O)N2CCNCC2)C2CCCC2)cc1.